The molecule has 6 rings (SSSR count). The number of carbonyl (C=O) groups excluding carboxylic acids is 5. The van der Waals surface area contributed by atoms with Gasteiger partial charge in [0.1, 0.15) is 35.5 Å². The molecule has 3 aliphatic rings. The number of hydrogen-bond acceptors (Lipinski definition) is 11. The van der Waals surface area contributed by atoms with Crippen molar-refractivity contribution in [1.82, 2.24) is 30.8 Å². The number of halogens is 1. The molecule has 4 amide bonds. The molecule has 15 nitrogen and oxygen atoms in total. The number of oxazole rings is 1. The van der Waals surface area contributed by atoms with Gasteiger partial charge in [0.2, 0.25) is 29.4 Å². The van der Waals surface area contributed by atoms with Gasteiger partial charge in [-0.3, -0.25) is 24.0 Å². The molecular weight excluding hydrogens is 754 g/mol. The Hall–Kier alpha value is -4.92. The van der Waals surface area contributed by atoms with Gasteiger partial charge in [0, 0.05) is 30.8 Å². The second-order valence-corrected chi connectivity index (χ2v) is 16.9. The standard InChI is InChI=1S/C41H54ClN7O8/c1-6-10-29(34(50)38(53)44-25-14-15-25)45-36(51)30-19-27(56-32-18-13-24(42)21-43-32)22-49(30)39(54)35(41(2,3)4)48-37(52)33(23-11-8-7-9-12-23)47-40-46-28-17-16-26(55-5)20-31(28)57-40/h13,16-18,20-21,23,25,27,29-30,33,35H,6-12,14-15,19,22H2,1-5H3,(H,44,53)(H,45,51)(H,46,47)(H,48,52)/t27-,29+,30+,33+,35-/m1/s1. The van der Waals surface area contributed by atoms with Crippen molar-refractivity contribution in [1.29, 1.82) is 0 Å². The van der Waals surface area contributed by atoms with Crippen LogP contribution in [0.15, 0.2) is 40.9 Å². The van der Waals surface area contributed by atoms with Gasteiger partial charge in [-0.25, -0.2) is 4.98 Å². The molecule has 0 radical (unpaired) electrons. The number of nitrogens with zero attached hydrogens (tertiary/aromatic N) is 3. The summed E-state index contributed by atoms with van der Waals surface area (Å²) in [4.78, 5) is 79.7. The van der Waals surface area contributed by atoms with E-state index in [1.54, 1.807) is 37.4 Å². The summed E-state index contributed by atoms with van der Waals surface area (Å²) in [5.74, 6) is -2.15. The van der Waals surface area contributed by atoms with Crippen LogP contribution in [0, 0.1) is 11.3 Å². The summed E-state index contributed by atoms with van der Waals surface area (Å²) in [6.45, 7) is 7.39. The molecule has 57 heavy (non-hydrogen) atoms. The van der Waals surface area contributed by atoms with Crippen LogP contribution in [0.5, 0.6) is 11.6 Å². The van der Waals surface area contributed by atoms with Crippen molar-refractivity contribution < 1.29 is 37.9 Å². The van der Waals surface area contributed by atoms with Crippen LogP contribution in [-0.2, 0) is 24.0 Å². The van der Waals surface area contributed by atoms with E-state index in [0.717, 1.165) is 44.9 Å². The lowest BCUT2D eigenvalue weighted by Crippen LogP contribution is -2.61. The molecule has 4 N–H and O–H groups in total. The number of aromatic nitrogens is 2. The number of ketones is 1. The molecule has 1 aromatic carbocycles. The summed E-state index contributed by atoms with van der Waals surface area (Å²) in [7, 11) is 1.56. The van der Waals surface area contributed by atoms with Crippen molar-refractivity contribution in [3.63, 3.8) is 0 Å². The van der Waals surface area contributed by atoms with Gasteiger partial charge < -0.3 is 40.1 Å². The highest BCUT2D eigenvalue weighted by molar-refractivity contribution is 6.38. The zero-order chi connectivity index (χ0) is 40.9. The molecule has 3 heterocycles. The minimum absolute atomic E-state index is 0.00506. The van der Waals surface area contributed by atoms with Crippen molar-refractivity contribution in [2.24, 2.45) is 11.3 Å². The number of benzene rings is 1. The van der Waals surface area contributed by atoms with Gasteiger partial charge in [-0.1, -0.05) is 65.0 Å². The van der Waals surface area contributed by atoms with Gasteiger partial charge in [0.15, 0.2) is 5.58 Å². The van der Waals surface area contributed by atoms with E-state index >= 15 is 0 Å². The third kappa shape index (κ3) is 10.5. The van der Waals surface area contributed by atoms with Crippen molar-refractivity contribution in [3.8, 4) is 11.6 Å². The van der Waals surface area contributed by atoms with Crippen LogP contribution in [0.1, 0.15) is 91.9 Å². The van der Waals surface area contributed by atoms with Gasteiger partial charge in [0.25, 0.3) is 11.9 Å². The van der Waals surface area contributed by atoms with Crippen molar-refractivity contribution in [2.45, 2.75) is 128 Å². The van der Waals surface area contributed by atoms with Crippen LogP contribution in [0.4, 0.5) is 6.01 Å². The van der Waals surface area contributed by atoms with Crippen LogP contribution in [0.3, 0.4) is 0 Å². The molecule has 0 unspecified atom stereocenters. The molecule has 1 saturated heterocycles. The van der Waals surface area contributed by atoms with E-state index in [9.17, 15) is 24.0 Å². The number of rotatable bonds is 16. The molecule has 0 spiro atoms. The number of anilines is 1. The molecule has 16 heteroatoms. The maximum absolute atomic E-state index is 14.9. The first-order valence-corrected chi connectivity index (χ1v) is 20.4. The average molecular weight is 808 g/mol. The monoisotopic (exact) mass is 807 g/mol. The van der Waals surface area contributed by atoms with E-state index in [4.69, 9.17) is 25.5 Å². The number of pyridine rings is 1. The molecule has 2 saturated carbocycles. The predicted molar refractivity (Wildman–Crippen MR) is 213 cm³/mol. The summed E-state index contributed by atoms with van der Waals surface area (Å²) in [6, 6.07) is 4.64. The van der Waals surface area contributed by atoms with Crippen LogP contribution in [0.2, 0.25) is 5.02 Å². The summed E-state index contributed by atoms with van der Waals surface area (Å²) in [6.07, 6.45) is 7.82. The fraction of sp³-hybridized carbons (Fsp3) is 0.585. The molecule has 2 aliphatic carbocycles. The number of methoxy groups -OCH3 is 1. The minimum Gasteiger partial charge on any atom is -0.497 e. The quantitative estimate of drug-likeness (QED) is 0.143. The lowest BCUT2D eigenvalue weighted by molar-refractivity contribution is -0.145. The number of hydrogen-bond donors (Lipinski definition) is 4. The molecule has 0 bridgehead atoms. The zero-order valence-electron chi connectivity index (χ0n) is 33.3. The Morgan fingerprint density at radius 1 is 1.02 bits per heavy atom. The van der Waals surface area contributed by atoms with E-state index in [-0.39, 0.29) is 43.2 Å². The number of nitrogens with one attached hydrogen (secondary N) is 4. The first-order chi connectivity index (χ1) is 27.2. The topological polar surface area (TPSA) is 194 Å². The SMILES string of the molecule is CCC[C@H](NC(=O)[C@@H]1C[C@@H](Oc2ccc(Cl)cn2)CN1C(=O)[C@@H](NC(=O)[C@@H](Nc1nc2ccc(OC)cc2o1)C1CCCCC1)C(C)(C)C)C(=O)C(=O)NC1CC1. The Bertz CT molecular complexity index is 1920. The van der Waals surface area contributed by atoms with Gasteiger partial charge >= 0.3 is 0 Å². The van der Waals surface area contributed by atoms with Crippen molar-refractivity contribution in [3.05, 3.63) is 41.6 Å². The lowest BCUT2D eigenvalue weighted by Gasteiger charge is -2.37. The summed E-state index contributed by atoms with van der Waals surface area (Å²) >= 11 is 6.04. The second-order valence-electron chi connectivity index (χ2n) is 16.4. The number of ether oxygens (including phenoxy) is 2. The smallest absolute Gasteiger partial charge is 0.296 e. The summed E-state index contributed by atoms with van der Waals surface area (Å²) in [5, 5.41) is 12.2. The second kappa shape index (κ2) is 18.1. The number of likely N-dealkylation sites (tertiary alicyclic amines) is 1. The Morgan fingerprint density at radius 3 is 2.42 bits per heavy atom. The van der Waals surface area contributed by atoms with Crippen LogP contribution in [-0.4, -0.2) is 94.2 Å². The highest BCUT2D eigenvalue weighted by Gasteiger charge is 2.47. The van der Waals surface area contributed by atoms with E-state index < -0.39 is 65.1 Å². The summed E-state index contributed by atoms with van der Waals surface area (Å²) in [5.41, 5.74) is 0.286. The Balaban J connectivity index is 1.25. The molecule has 1 aliphatic heterocycles. The van der Waals surface area contributed by atoms with Crippen molar-refractivity contribution in [2.75, 3.05) is 19.0 Å². The van der Waals surface area contributed by atoms with Gasteiger partial charge in [-0.2, -0.15) is 4.98 Å². The number of amides is 4. The maximum Gasteiger partial charge on any atom is 0.296 e. The molecule has 2 aromatic heterocycles. The Labute approximate surface area is 337 Å². The van der Waals surface area contributed by atoms with E-state index in [0.29, 0.717) is 28.3 Å². The lowest BCUT2D eigenvalue weighted by atomic mass is 9.82. The van der Waals surface area contributed by atoms with Gasteiger partial charge in [-0.15, -0.1) is 0 Å². The molecule has 308 valence electrons. The van der Waals surface area contributed by atoms with Crippen molar-refractivity contribution >= 4 is 58.1 Å². The zero-order valence-corrected chi connectivity index (χ0v) is 34.0. The maximum atomic E-state index is 14.9. The number of Topliss-reactive ketones (excluding diaryl/α,β-unsaturated/α-hetero) is 1. The Morgan fingerprint density at radius 2 is 1.77 bits per heavy atom. The van der Waals surface area contributed by atoms with Crippen LogP contribution >= 0.6 is 11.6 Å². The fourth-order valence-corrected chi connectivity index (χ4v) is 7.70. The fourth-order valence-electron chi connectivity index (χ4n) is 7.58. The summed E-state index contributed by atoms with van der Waals surface area (Å²) < 4.78 is 17.5. The molecule has 5 atom stereocenters. The molecule has 3 fully saturated rings. The van der Waals surface area contributed by atoms with Crippen LogP contribution in [0.25, 0.3) is 11.1 Å². The molecule has 3 aromatic rings. The number of fused-ring (bicyclic) bond motifs is 1. The van der Waals surface area contributed by atoms with E-state index in [2.05, 4.69) is 31.2 Å². The molecular formula is C41H54ClN7O8. The van der Waals surface area contributed by atoms with E-state index in [1.807, 2.05) is 27.7 Å². The average Bonchev–Trinajstić information content (AvgIpc) is 3.75. The third-order valence-electron chi connectivity index (χ3n) is 10.9. The first-order valence-electron chi connectivity index (χ1n) is 20.0. The Kier molecular flexibility index (Phi) is 13.3. The largest absolute Gasteiger partial charge is 0.497 e. The first kappa shape index (κ1) is 41.7. The van der Waals surface area contributed by atoms with E-state index in [1.165, 1.54) is 11.1 Å². The predicted octanol–water partition coefficient (Wildman–Crippen LogP) is 4.96. The van der Waals surface area contributed by atoms with Gasteiger partial charge in [0.05, 0.1) is 24.7 Å². The number of carbonyl (C=O) groups is 5. The minimum atomic E-state index is -1.08. The van der Waals surface area contributed by atoms with Gasteiger partial charge in [-0.05, 0) is 61.6 Å². The third-order valence-corrected chi connectivity index (χ3v) is 11.1. The highest BCUT2D eigenvalue weighted by Crippen LogP contribution is 2.32. The van der Waals surface area contributed by atoms with Crippen LogP contribution < -0.4 is 30.7 Å². The normalized spacial score (nSPS) is 20.3. The highest BCUT2D eigenvalue weighted by atomic mass is 35.5.